The third-order valence-electron chi connectivity index (χ3n) is 3.27. The number of Topliss-reactive ketones (excluding diaryl/α,β-unsaturated/α-hetero) is 1. The molecule has 2 aliphatic rings. The normalized spacial score (nSPS) is 21.9. The van der Waals surface area contributed by atoms with E-state index in [1.165, 1.54) is 0 Å². The van der Waals surface area contributed by atoms with E-state index in [0.717, 1.165) is 23.9 Å². The Kier molecular flexibility index (Phi) is 3.26. The van der Waals surface area contributed by atoms with Gasteiger partial charge in [-0.3, -0.25) is 4.79 Å². The van der Waals surface area contributed by atoms with Crippen molar-refractivity contribution in [3.8, 4) is 11.5 Å². The van der Waals surface area contributed by atoms with Crippen molar-refractivity contribution in [2.24, 2.45) is 0 Å². The summed E-state index contributed by atoms with van der Waals surface area (Å²) < 4.78 is 11.8. The highest BCUT2D eigenvalue weighted by Gasteiger charge is 2.26. The summed E-state index contributed by atoms with van der Waals surface area (Å²) in [4.78, 5) is 12.4. The molecule has 1 saturated heterocycles. The van der Waals surface area contributed by atoms with Gasteiger partial charge in [0.05, 0.1) is 6.04 Å². The summed E-state index contributed by atoms with van der Waals surface area (Å²) in [7, 11) is 0. The van der Waals surface area contributed by atoms with Gasteiger partial charge >= 0.3 is 0 Å². The van der Waals surface area contributed by atoms with Gasteiger partial charge in [0, 0.05) is 10.0 Å². The van der Waals surface area contributed by atoms with Gasteiger partial charge < -0.3 is 14.8 Å². The van der Waals surface area contributed by atoms with Crippen LogP contribution >= 0.6 is 15.9 Å². The van der Waals surface area contributed by atoms with Crippen LogP contribution in [0.5, 0.6) is 11.5 Å². The lowest BCUT2D eigenvalue weighted by Crippen LogP contribution is -2.31. The average Bonchev–Trinajstić information content (AvgIpc) is 2.91. The smallest absolute Gasteiger partial charge is 0.181 e. The highest BCUT2D eigenvalue weighted by Crippen LogP contribution is 2.36. The van der Waals surface area contributed by atoms with Crippen molar-refractivity contribution in [3.63, 3.8) is 0 Å². The third-order valence-corrected chi connectivity index (χ3v) is 3.93. The van der Waals surface area contributed by atoms with Crippen molar-refractivity contribution in [1.82, 2.24) is 5.32 Å². The van der Waals surface area contributed by atoms with Crippen LogP contribution in [0.1, 0.15) is 23.2 Å². The Balaban J connectivity index is 1.93. The summed E-state index contributed by atoms with van der Waals surface area (Å²) in [6.07, 6.45) is 1.96. The van der Waals surface area contributed by atoms with E-state index in [0.29, 0.717) is 30.3 Å². The Labute approximate surface area is 114 Å². The number of halogens is 1. The van der Waals surface area contributed by atoms with Gasteiger partial charge in [0.1, 0.15) is 13.2 Å². The van der Waals surface area contributed by atoms with Crippen molar-refractivity contribution in [2.45, 2.75) is 18.9 Å². The van der Waals surface area contributed by atoms with Gasteiger partial charge in [-0.05, 0) is 47.4 Å². The van der Waals surface area contributed by atoms with Gasteiger partial charge in [-0.2, -0.15) is 0 Å². The first-order valence-electron chi connectivity index (χ1n) is 6.12. The number of nitrogens with one attached hydrogen (secondary N) is 1. The third kappa shape index (κ3) is 2.12. The monoisotopic (exact) mass is 311 g/mol. The van der Waals surface area contributed by atoms with Gasteiger partial charge in [-0.1, -0.05) is 0 Å². The van der Waals surface area contributed by atoms with Gasteiger partial charge in [0.15, 0.2) is 17.3 Å². The standard InChI is InChI=1S/C13H14BrNO3/c14-9-7-12-11(17-4-5-18-12)6-8(9)13(16)10-2-1-3-15-10/h6-7,10,15H,1-5H2. The number of benzene rings is 1. The van der Waals surface area contributed by atoms with E-state index in [1.54, 1.807) is 6.07 Å². The lowest BCUT2D eigenvalue weighted by atomic mass is 10.0. The molecule has 0 saturated carbocycles. The van der Waals surface area contributed by atoms with Crippen molar-refractivity contribution >= 4 is 21.7 Å². The van der Waals surface area contributed by atoms with E-state index < -0.39 is 0 Å². The minimum atomic E-state index is -0.0659. The van der Waals surface area contributed by atoms with E-state index in [9.17, 15) is 4.79 Å². The molecule has 18 heavy (non-hydrogen) atoms. The predicted molar refractivity (Wildman–Crippen MR) is 70.5 cm³/mol. The van der Waals surface area contributed by atoms with Crippen LogP contribution in [0, 0.1) is 0 Å². The molecule has 2 aliphatic heterocycles. The first-order chi connectivity index (χ1) is 8.75. The molecule has 3 rings (SSSR count). The summed E-state index contributed by atoms with van der Waals surface area (Å²) in [5.41, 5.74) is 0.665. The maximum absolute atomic E-state index is 12.4. The molecule has 0 aromatic heterocycles. The number of carbonyl (C=O) groups excluding carboxylic acids is 1. The Morgan fingerprint density at radius 1 is 1.28 bits per heavy atom. The van der Waals surface area contributed by atoms with Crippen molar-refractivity contribution in [1.29, 1.82) is 0 Å². The number of hydrogen-bond donors (Lipinski definition) is 1. The summed E-state index contributed by atoms with van der Waals surface area (Å²) in [6, 6.07) is 3.53. The lowest BCUT2D eigenvalue weighted by molar-refractivity contribution is 0.0950. The van der Waals surface area contributed by atoms with Crippen LogP contribution in [0.15, 0.2) is 16.6 Å². The van der Waals surface area contributed by atoms with E-state index in [4.69, 9.17) is 9.47 Å². The molecule has 96 valence electrons. The molecule has 0 aliphatic carbocycles. The van der Waals surface area contributed by atoms with Crippen LogP contribution in [-0.4, -0.2) is 31.6 Å². The molecular weight excluding hydrogens is 298 g/mol. The van der Waals surface area contributed by atoms with E-state index in [1.807, 2.05) is 6.07 Å². The number of fused-ring (bicyclic) bond motifs is 1. The largest absolute Gasteiger partial charge is 0.486 e. The van der Waals surface area contributed by atoms with Crippen LogP contribution in [0.25, 0.3) is 0 Å². The molecule has 5 heteroatoms. The summed E-state index contributed by atoms with van der Waals surface area (Å²) in [5.74, 6) is 1.48. The molecule has 0 amide bonds. The number of carbonyl (C=O) groups is 1. The summed E-state index contributed by atoms with van der Waals surface area (Å²) in [6.45, 7) is 2.00. The molecule has 0 radical (unpaired) electrons. The zero-order valence-electron chi connectivity index (χ0n) is 9.87. The average molecular weight is 312 g/mol. The lowest BCUT2D eigenvalue weighted by Gasteiger charge is -2.20. The number of rotatable bonds is 2. The molecule has 1 aromatic rings. The maximum Gasteiger partial charge on any atom is 0.181 e. The predicted octanol–water partition coefficient (Wildman–Crippen LogP) is 2.15. The Morgan fingerprint density at radius 3 is 2.67 bits per heavy atom. The fourth-order valence-corrected chi connectivity index (χ4v) is 2.87. The van der Waals surface area contributed by atoms with Crippen molar-refractivity contribution in [2.75, 3.05) is 19.8 Å². The number of ketones is 1. The van der Waals surface area contributed by atoms with Gasteiger partial charge in [-0.15, -0.1) is 0 Å². The van der Waals surface area contributed by atoms with E-state index in [-0.39, 0.29) is 11.8 Å². The van der Waals surface area contributed by atoms with Crippen LogP contribution in [0.3, 0.4) is 0 Å². The molecule has 1 aromatic carbocycles. The first kappa shape index (κ1) is 12.0. The zero-order chi connectivity index (χ0) is 12.5. The van der Waals surface area contributed by atoms with Crippen LogP contribution in [-0.2, 0) is 0 Å². The summed E-state index contributed by atoms with van der Waals surface area (Å²) in [5, 5.41) is 3.22. The number of hydrogen-bond acceptors (Lipinski definition) is 4. The van der Waals surface area contributed by atoms with Crippen molar-refractivity contribution in [3.05, 3.63) is 22.2 Å². The first-order valence-corrected chi connectivity index (χ1v) is 6.92. The molecule has 0 bridgehead atoms. The topological polar surface area (TPSA) is 47.6 Å². The Morgan fingerprint density at radius 2 is 2.00 bits per heavy atom. The fraction of sp³-hybridized carbons (Fsp3) is 0.462. The second-order valence-electron chi connectivity index (χ2n) is 4.49. The molecule has 0 spiro atoms. The minimum Gasteiger partial charge on any atom is -0.486 e. The zero-order valence-corrected chi connectivity index (χ0v) is 11.5. The molecule has 4 nitrogen and oxygen atoms in total. The SMILES string of the molecule is O=C(c1cc2c(cc1Br)OCCO2)C1CCCN1. The van der Waals surface area contributed by atoms with Crippen LogP contribution in [0.2, 0.25) is 0 Å². The quantitative estimate of drug-likeness (QED) is 0.850. The van der Waals surface area contributed by atoms with Crippen LogP contribution < -0.4 is 14.8 Å². The summed E-state index contributed by atoms with van der Waals surface area (Å²) >= 11 is 3.44. The highest BCUT2D eigenvalue weighted by molar-refractivity contribution is 9.10. The molecule has 1 fully saturated rings. The van der Waals surface area contributed by atoms with Gasteiger partial charge in [0.2, 0.25) is 0 Å². The number of ether oxygens (including phenoxy) is 2. The fourth-order valence-electron chi connectivity index (χ4n) is 2.35. The van der Waals surface area contributed by atoms with Gasteiger partial charge in [-0.25, -0.2) is 0 Å². The highest BCUT2D eigenvalue weighted by atomic mass is 79.9. The maximum atomic E-state index is 12.4. The molecule has 2 heterocycles. The molecule has 1 atom stereocenters. The minimum absolute atomic E-state index is 0.0659. The molecular formula is C13H14BrNO3. The van der Waals surface area contributed by atoms with Crippen LogP contribution in [0.4, 0.5) is 0 Å². The Bertz CT molecular complexity index is 483. The van der Waals surface area contributed by atoms with Crippen molar-refractivity contribution < 1.29 is 14.3 Å². The second kappa shape index (κ2) is 4.90. The van der Waals surface area contributed by atoms with E-state index >= 15 is 0 Å². The molecule has 1 N–H and O–H groups in total. The van der Waals surface area contributed by atoms with Gasteiger partial charge in [0.25, 0.3) is 0 Å². The molecule has 1 unspecified atom stereocenters. The Hall–Kier alpha value is -1.07. The van der Waals surface area contributed by atoms with E-state index in [2.05, 4.69) is 21.2 Å². The second-order valence-corrected chi connectivity index (χ2v) is 5.34.